The van der Waals surface area contributed by atoms with E-state index < -0.39 is 0 Å². The second-order valence-electron chi connectivity index (χ2n) is 4.37. The number of nitrogens with zero attached hydrogens (tertiary/aromatic N) is 2. The molecule has 0 atom stereocenters. The summed E-state index contributed by atoms with van der Waals surface area (Å²) >= 11 is 0. The van der Waals surface area contributed by atoms with Gasteiger partial charge in [0.25, 0.3) is 0 Å². The molecular weight excluding hydrogens is 216 g/mol. The predicted molar refractivity (Wildman–Crippen MR) is 65.6 cm³/mol. The normalized spacial score (nSPS) is 18.9. The fraction of sp³-hybridized carbons (Fsp3) is 0.462. The summed E-state index contributed by atoms with van der Waals surface area (Å²) in [6, 6.07) is 5.90. The molecule has 1 aromatic rings. The Morgan fingerprint density at radius 1 is 1.06 bits per heavy atom. The van der Waals surface area contributed by atoms with E-state index in [0.717, 1.165) is 30.2 Å². The Morgan fingerprint density at radius 3 is 2.76 bits per heavy atom. The monoisotopic (exact) mass is 232 g/mol. The summed E-state index contributed by atoms with van der Waals surface area (Å²) in [4.78, 5) is 0. The summed E-state index contributed by atoms with van der Waals surface area (Å²) in [5, 5.41) is 6.62. The fourth-order valence-electron chi connectivity index (χ4n) is 2.13. The smallest absolute Gasteiger partial charge is 0.231 e. The molecule has 0 N–H and O–H groups in total. The van der Waals surface area contributed by atoms with Crippen molar-refractivity contribution >= 4 is 6.21 Å². The maximum Gasteiger partial charge on any atom is 0.231 e. The molecule has 3 rings (SSSR count). The van der Waals surface area contributed by atoms with Crippen LogP contribution in [-0.2, 0) is 0 Å². The van der Waals surface area contributed by atoms with Gasteiger partial charge in [0.15, 0.2) is 11.5 Å². The van der Waals surface area contributed by atoms with Crippen molar-refractivity contribution in [1.29, 1.82) is 0 Å². The minimum Gasteiger partial charge on any atom is -0.454 e. The number of hydrazone groups is 1. The van der Waals surface area contributed by atoms with E-state index >= 15 is 0 Å². The highest BCUT2D eigenvalue weighted by Gasteiger charge is 2.12. The number of fused-ring (bicyclic) bond motifs is 1. The van der Waals surface area contributed by atoms with Gasteiger partial charge in [0.05, 0.1) is 6.21 Å². The maximum atomic E-state index is 5.33. The Kier molecular flexibility index (Phi) is 2.86. The van der Waals surface area contributed by atoms with Gasteiger partial charge in [-0.15, -0.1) is 0 Å². The molecule has 0 saturated carbocycles. The molecular formula is C13H16N2O2. The first-order valence-electron chi connectivity index (χ1n) is 6.10. The average molecular weight is 232 g/mol. The first-order valence-corrected chi connectivity index (χ1v) is 6.10. The molecule has 0 aliphatic carbocycles. The lowest BCUT2D eigenvalue weighted by molar-refractivity contribution is 0.174. The van der Waals surface area contributed by atoms with E-state index in [2.05, 4.69) is 10.1 Å². The van der Waals surface area contributed by atoms with Crippen molar-refractivity contribution in [2.45, 2.75) is 19.3 Å². The van der Waals surface area contributed by atoms with Crippen LogP contribution in [0.3, 0.4) is 0 Å². The first-order chi connectivity index (χ1) is 8.42. The molecule has 0 aromatic heterocycles. The number of piperidine rings is 1. The fourth-order valence-corrected chi connectivity index (χ4v) is 2.13. The van der Waals surface area contributed by atoms with Crippen molar-refractivity contribution in [3.63, 3.8) is 0 Å². The van der Waals surface area contributed by atoms with Crippen LogP contribution in [0.15, 0.2) is 23.3 Å². The summed E-state index contributed by atoms with van der Waals surface area (Å²) in [5.41, 5.74) is 1.06. The molecule has 2 aliphatic rings. The number of benzene rings is 1. The Hall–Kier alpha value is -1.71. The first kappa shape index (κ1) is 10.4. The Morgan fingerprint density at radius 2 is 1.88 bits per heavy atom. The third-order valence-electron chi connectivity index (χ3n) is 3.10. The van der Waals surface area contributed by atoms with E-state index in [4.69, 9.17) is 9.47 Å². The van der Waals surface area contributed by atoms with Crippen molar-refractivity contribution in [1.82, 2.24) is 5.01 Å². The van der Waals surface area contributed by atoms with Crippen molar-refractivity contribution in [2.24, 2.45) is 5.10 Å². The van der Waals surface area contributed by atoms with Crippen LogP contribution in [0.5, 0.6) is 11.5 Å². The van der Waals surface area contributed by atoms with E-state index in [1.54, 1.807) is 0 Å². The molecule has 4 nitrogen and oxygen atoms in total. The molecule has 0 spiro atoms. The Bertz CT molecular complexity index is 425. The molecule has 0 radical (unpaired) electrons. The molecule has 1 saturated heterocycles. The second kappa shape index (κ2) is 4.65. The molecule has 2 aliphatic heterocycles. The SMILES string of the molecule is C(=NN1CCCCC1)c1ccc2c(c1)OCO2. The van der Waals surface area contributed by atoms with Gasteiger partial charge in [-0.1, -0.05) is 0 Å². The van der Waals surface area contributed by atoms with Crippen molar-refractivity contribution in [2.75, 3.05) is 19.9 Å². The molecule has 90 valence electrons. The van der Waals surface area contributed by atoms with Gasteiger partial charge in [-0.25, -0.2) is 0 Å². The lowest BCUT2D eigenvalue weighted by Gasteiger charge is -2.23. The largest absolute Gasteiger partial charge is 0.454 e. The number of rotatable bonds is 2. The molecule has 0 bridgehead atoms. The standard InChI is InChI=1S/C13H16N2O2/c1-2-6-15(7-3-1)14-9-11-4-5-12-13(8-11)17-10-16-12/h4-5,8-9H,1-3,6-7,10H2. The van der Waals surface area contributed by atoms with Gasteiger partial charge >= 0.3 is 0 Å². The van der Waals surface area contributed by atoms with Crippen LogP contribution in [0.1, 0.15) is 24.8 Å². The molecule has 1 aromatic carbocycles. The molecule has 4 heteroatoms. The van der Waals surface area contributed by atoms with Gasteiger partial charge < -0.3 is 9.47 Å². The van der Waals surface area contributed by atoms with Crippen LogP contribution in [0.2, 0.25) is 0 Å². The average Bonchev–Trinajstić information content (AvgIpc) is 2.85. The van der Waals surface area contributed by atoms with E-state index in [-0.39, 0.29) is 0 Å². The zero-order chi connectivity index (χ0) is 11.5. The number of hydrogen-bond donors (Lipinski definition) is 0. The molecule has 2 heterocycles. The van der Waals surface area contributed by atoms with Crippen molar-refractivity contribution in [3.05, 3.63) is 23.8 Å². The third-order valence-corrected chi connectivity index (χ3v) is 3.10. The van der Waals surface area contributed by atoms with Crippen LogP contribution < -0.4 is 9.47 Å². The second-order valence-corrected chi connectivity index (χ2v) is 4.37. The maximum absolute atomic E-state index is 5.33. The predicted octanol–water partition coefficient (Wildman–Crippen LogP) is 2.24. The van der Waals surface area contributed by atoms with Crippen molar-refractivity contribution < 1.29 is 9.47 Å². The van der Waals surface area contributed by atoms with E-state index in [9.17, 15) is 0 Å². The van der Waals surface area contributed by atoms with E-state index in [1.807, 2.05) is 24.4 Å². The van der Waals surface area contributed by atoms with Crippen LogP contribution >= 0.6 is 0 Å². The van der Waals surface area contributed by atoms with Gasteiger partial charge in [-0.05, 0) is 43.0 Å². The lowest BCUT2D eigenvalue weighted by Crippen LogP contribution is -2.24. The van der Waals surface area contributed by atoms with Crippen LogP contribution in [0, 0.1) is 0 Å². The number of hydrogen-bond acceptors (Lipinski definition) is 4. The summed E-state index contributed by atoms with van der Waals surface area (Å²) in [5.74, 6) is 1.63. The summed E-state index contributed by atoms with van der Waals surface area (Å²) < 4.78 is 10.6. The van der Waals surface area contributed by atoms with Gasteiger partial charge in [-0.3, -0.25) is 5.01 Å². The highest BCUT2D eigenvalue weighted by atomic mass is 16.7. The zero-order valence-corrected chi connectivity index (χ0v) is 9.76. The number of ether oxygens (including phenoxy) is 2. The zero-order valence-electron chi connectivity index (χ0n) is 9.76. The highest BCUT2D eigenvalue weighted by Crippen LogP contribution is 2.32. The Labute approximate surface area is 101 Å². The summed E-state index contributed by atoms with van der Waals surface area (Å²) in [6.07, 6.45) is 5.72. The van der Waals surface area contributed by atoms with Crippen LogP contribution in [-0.4, -0.2) is 31.1 Å². The van der Waals surface area contributed by atoms with Gasteiger partial charge in [0, 0.05) is 13.1 Å². The van der Waals surface area contributed by atoms with Crippen LogP contribution in [0.4, 0.5) is 0 Å². The van der Waals surface area contributed by atoms with E-state index in [0.29, 0.717) is 6.79 Å². The van der Waals surface area contributed by atoms with Gasteiger partial charge in [0.1, 0.15) is 0 Å². The molecule has 17 heavy (non-hydrogen) atoms. The Balaban J connectivity index is 1.69. The van der Waals surface area contributed by atoms with E-state index in [1.165, 1.54) is 19.3 Å². The van der Waals surface area contributed by atoms with Crippen LogP contribution in [0.25, 0.3) is 0 Å². The lowest BCUT2D eigenvalue weighted by atomic mass is 10.2. The quantitative estimate of drug-likeness (QED) is 0.733. The topological polar surface area (TPSA) is 34.1 Å². The molecule has 0 amide bonds. The summed E-state index contributed by atoms with van der Waals surface area (Å²) in [7, 11) is 0. The minimum absolute atomic E-state index is 0.321. The molecule has 1 fully saturated rings. The molecule has 0 unspecified atom stereocenters. The van der Waals surface area contributed by atoms with Crippen molar-refractivity contribution in [3.8, 4) is 11.5 Å². The summed E-state index contributed by atoms with van der Waals surface area (Å²) in [6.45, 7) is 2.46. The van der Waals surface area contributed by atoms with Gasteiger partial charge in [0.2, 0.25) is 6.79 Å². The van der Waals surface area contributed by atoms with Gasteiger partial charge in [-0.2, -0.15) is 5.10 Å². The third kappa shape index (κ3) is 2.35. The minimum atomic E-state index is 0.321. The highest BCUT2D eigenvalue weighted by molar-refractivity contribution is 5.80.